The summed E-state index contributed by atoms with van der Waals surface area (Å²) in [6.45, 7) is 1.83. The molecule has 4 nitrogen and oxygen atoms in total. The lowest BCUT2D eigenvalue weighted by Crippen LogP contribution is -2.01. The fourth-order valence-electron chi connectivity index (χ4n) is 1.58. The van der Waals surface area contributed by atoms with Gasteiger partial charge in [-0.05, 0) is 30.7 Å². The quantitative estimate of drug-likeness (QED) is 0.909. The average molecular weight is 252 g/mol. The Kier molecular flexibility index (Phi) is 3.15. The third kappa shape index (κ3) is 2.17. The van der Waals surface area contributed by atoms with Crippen LogP contribution in [0.5, 0.6) is 0 Å². The highest BCUT2D eigenvalue weighted by molar-refractivity contribution is 6.30. The summed E-state index contributed by atoms with van der Waals surface area (Å²) in [6.07, 6.45) is 0.513. The fraction of sp³-hybridized carbons (Fsp3) is 0.167. The SMILES string of the molecule is CCc1noc(-c2ccc(Cl)cc2)c1C(=O)O. The molecule has 0 bridgehead atoms. The van der Waals surface area contributed by atoms with Gasteiger partial charge in [0.2, 0.25) is 0 Å². The lowest BCUT2D eigenvalue weighted by Gasteiger charge is -1.98. The Morgan fingerprint density at radius 3 is 2.59 bits per heavy atom. The molecule has 0 aliphatic heterocycles. The molecule has 5 heteroatoms. The molecule has 0 atom stereocenters. The van der Waals surface area contributed by atoms with Gasteiger partial charge in [-0.25, -0.2) is 4.79 Å². The topological polar surface area (TPSA) is 63.3 Å². The first-order chi connectivity index (χ1) is 8.13. The van der Waals surface area contributed by atoms with E-state index in [1.165, 1.54) is 0 Å². The maximum Gasteiger partial charge on any atom is 0.341 e. The normalized spacial score (nSPS) is 10.5. The van der Waals surface area contributed by atoms with E-state index in [2.05, 4.69) is 5.16 Å². The number of carbonyl (C=O) groups is 1. The highest BCUT2D eigenvalue weighted by Gasteiger charge is 2.22. The zero-order valence-corrected chi connectivity index (χ0v) is 9.86. The second kappa shape index (κ2) is 4.59. The van der Waals surface area contributed by atoms with Crippen molar-refractivity contribution >= 4 is 17.6 Å². The minimum Gasteiger partial charge on any atom is -0.477 e. The maximum atomic E-state index is 11.2. The summed E-state index contributed by atoms with van der Waals surface area (Å²) in [5.74, 6) is -0.765. The molecule has 1 aromatic carbocycles. The number of carboxylic acids is 1. The lowest BCUT2D eigenvalue weighted by atomic mass is 10.1. The monoisotopic (exact) mass is 251 g/mol. The van der Waals surface area contributed by atoms with Crippen LogP contribution >= 0.6 is 11.6 Å². The summed E-state index contributed by atoms with van der Waals surface area (Å²) >= 11 is 5.77. The Morgan fingerprint density at radius 2 is 2.06 bits per heavy atom. The van der Waals surface area contributed by atoms with Crippen molar-refractivity contribution < 1.29 is 14.4 Å². The lowest BCUT2D eigenvalue weighted by molar-refractivity contribution is 0.0696. The summed E-state index contributed by atoms with van der Waals surface area (Å²) in [5.41, 5.74) is 1.22. The summed E-state index contributed by atoms with van der Waals surface area (Å²) < 4.78 is 5.10. The molecule has 2 aromatic rings. The smallest absolute Gasteiger partial charge is 0.341 e. The van der Waals surface area contributed by atoms with E-state index < -0.39 is 5.97 Å². The number of carboxylic acid groups (broad SMARTS) is 1. The van der Waals surface area contributed by atoms with Gasteiger partial charge in [0.15, 0.2) is 5.76 Å². The molecule has 0 aliphatic carbocycles. The van der Waals surface area contributed by atoms with Crippen LogP contribution in [0.2, 0.25) is 5.02 Å². The van der Waals surface area contributed by atoms with E-state index in [0.29, 0.717) is 22.7 Å². The Hall–Kier alpha value is -1.81. The van der Waals surface area contributed by atoms with Crippen LogP contribution in [0.25, 0.3) is 11.3 Å². The van der Waals surface area contributed by atoms with E-state index in [-0.39, 0.29) is 11.3 Å². The molecular weight excluding hydrogens is 242 g/mol. The molecule has 1 N–H and O–H groups in total. The minimum atomic E-state index is -1.03. The van der Waals surface area contributed by atoms with Gasteiger partial charge in [0.1, 0.15) is 5.56 Å². The Balaban J connectivity index is 2.55. The minimum absolute atomic E-state index is 0.120. The first-order valence-corrected chi connectivity index (χ1v) is 5.49. The van der Waals surface area contributed by atoms with Crippen molar-refractivity contribution in [2.45, 2.75) is 13.3 Å². The molecule has 2 rings (SSSR count). The van der Waals surface area contributed by atoms with Crippen LogP contribution in [0, 0.1) is 0 Å². The third-order valence-corrected chi connectivity index (χ3v) is 2.67. The molecule has 1 aromatic heterocycles. The van der Waals surface area contributed by atoms with Gasteiger partial charge in [0, 0.05) is 10.6 Å². The van der Waals surface area contributed by atoms with Crippen LogP contribution < -0.4 is 0 Å². The van der Waals surface area contributed by atoms with E-state index in [4.69, 9.17) is 21.2 Å². The molecule has 0 fully saturated rings. The van der Waals surface area contributed by atoms with Crippen molar-refractivity contribution in [3.05, 3.63) is 40.5 Å². The van der Waals surface area contributed by atoms with Gasteiger partial charge in [-0.15, -0.1) is 0 Å². The Bertz CT molecular complexity index is 545. The molecule has 0 unspecified atom stereocenters. The van der Waals surface area contributed by atoms with Crippen LogP contribution in [0.4, 0.5) is 0 Å². The number of aromatic nitrogens is 1. The van der Waals surface area contributed by atoms with Crippen LogP contribution in [0.15, 0.2) is 28.8 Å². The van der Waals surface area contributed by atoms with Crippen molar-refractivity contribution in [3.8, 4) is 11.3 Å². The standard InChI is InChI=1S/C12H10ClNO3/c1-2-9-10(12(15)16)11(17-14-9)7-3-5-8(13)6-4-7/h3-6H,2H2,1H3,(H,15,16). The Labute approximate surface area is 103 Å². The molecule has 88 valence electrons. The van der Waals surface area contributed by atoms with Crippen molar-refractivity contribution in [2.24, 2.45) is 0 Å². The first kappa shape index (κ1) is 11.7. The van der Waals surface area contributed by atoms with E-state index in [1.54, 1.807) is 24.3 Å². The zero-order valence-electron chi connectivity index (χ0n) is 9.11. The Morgan fingerprint density at radius 1 is 1.41 bits per heavy atom. The molecule has 0 amide bonds. The molecule has 0 saturated heterocycles. The zero-order chi connectivity index (χ0) is 12.4. The molecule has 0 radical (unpaired) electrons. The van der Waals surface area contributed by atoms with Crippen molar-refractivity contribution in [1.82, 2.24) is 5.16 Å². The highest BCUT2D eigenvalue weighted by atomic mass is 35.5. The maximum absolute atomic E-state index is 11.2. The molecule has 0 saturated carbocycles. The van der Waals surface area contributed by atoms with Crippen molar-refractivity contribution in [1.29, 1.82) is 0 Å². The van der Waals surface area contributed by atoms with Crippen LogP contribution in [-0.4, -0.2) is 16.2 Å². The van der Waals surface area contributed by atoms with Gasteiger partial charge in [-0.3, -0.25) is 0 Å². The number of halogens is 1. The molecule has 0 aliphatic rings. The first-order valence-electron chi connectivity index (χ1n) is 5.11. The predicted octanol–water partition coefficient (Wildman–Crippen LogP) is 3.26. The fourth-order valence-corrected chi connectivity index (χ4v) is 1.71. The highest BCUT2D eigenvalue weighted by Crippen LogP contribution is 2.27. The molecule has 1 heterocycles. The van der Waals surface area contributed by atoms with Gasteiger partial charge in [-0.1, -0.05) is 23.7 Å². The van der Waals surface area contributed by atoms with Gasteiger partial charge in [-0.2, -0.15) is 0 Å². The largest absolute Gasteiger partial charge is 0.477 e. The van der Waals surface area contributed by atoms with Crippen molar-refractivity contribution in [3.63, 3.8) is 0 Å². The molecular formula is C12H10ClNO3. The van der Waals surface area contributed by atoms with E-state index in [1.807, 2.05) is 6.92 Å². The van der Waals surface area contributed by atoms with Gasteiger partial charge < -0.3 is 9.63 Å². The van der Waals surface area contributed by atoms with E-state index in [0.717, 1.165) is 0 Å². The number of benzene rings is 1. The van der Waals surface area contributed by atoms with E-state index >= 15 is 0 Å². The van der Waals surface area contributed by atoms with Gasteiger partial charge in [0.25, 0.3) is 0 Å². The predicted molar refractivity (Wildman–Crippen MR) is 63.3 cm³/mol. The summed E-state index contributed by atoms with van der Waals surface area (Å²) in [7, 11) is 0. The third-order valence-electron chi connectivity index (χ3n) is 2.42. The number of hydrogen-bond donors (Lipinski definition) is 1. The van der Waals surface area contributed by atoms with E-state index in [9.17, 15) is 4.79 Å². The summed E-state index contributed by atoms with van der Waals surface area (Å²) in [4.78, 5) is 11.2. The van der Waals surface area contributed by atoms with Crippen LogP contribution in [0.3, 0.4) is 0 Å². The second-order valence-corrected chi connectivity index (χ2v) is 3.94. The number of hydrogen-bond acceptors (Lipinski definition) is 3. The van der Waals surface area contributed by atoms with Crippen LogP contribution in [0.1, 0.15) is 23.0 Å². The number of aromatic carboxylic acids is 1. The molecule has 0 spiro atoms. The number of nitrogens with zero attached hydrogens (tertiary/aromatic N) is 1. The number of aryl methyl sites for hydroxylation is 1. The average Bonchev–Trinajstić information content (AvgIpc) is 2.73. The summed E-state index contributed by atoms with van der Waals surface area (Å²) in [6, 6.07) is 6.76. The van der Waals surface area contributed by atoms with Crippen molar-refractivity contribution in [2.75, 3.05) is 0 Å². The van der Waals surface area contributed by atoms with Crippen LogP contribution in [-0.2, 0) is 6.42 Å². The van der Waals surface area contributed by atoms with Gasteiger partial charge >= 0.3 is 5.97 Å². The summed E-state index contributed by atoms with van der Waals surface area (Å²) in [5, 5.41) is 13.5. The molecule has 17 heavy (non-hydrogen) atoms. The van der Waals surface area contributed by atoms with Gasteiger partial charge in [0.05, 0.1) is 5.69 Å². The second-order valence-electron chi connectivity index (χ2n) is 3.50. The number of rotatable bonds is 3.